The smallest absolute Gasteiger partial charge is 0.178 e. The summed E-state index contributed by atoms with van der Waals surface area (Å²) in [5, 5.41) is 3.42. The summed E-state index contributed by atoms with van der Waals surface area (Å²) in [7, 11) is 0. The summed E-state index contributed by atoms with van der Waals surface area (Å²) in [6, 6.07) is 34.6. The summed E-state index contributed by atoms with van der Waals surface area (Å²) < 4.78 is 6.68. The molecule has 4 aromatic carbocycles. The fourth-order valence-electron chi connectivity index (χ4n) is 3.85. The Morgan fingerprint density at radius 2 is 1.27 bits per heavy atom. The van der Waals surface area contributed by atoms with Crippen LogP contribution in [0, 0.1) is 0 Å². The second-order valence-electron chi connectivity index (χ2n) is 7.40. The highest BCUT2D eigenvalue weighted by molar-refractivity contribution is 5.71. The van der Waals surface area contributed by atoms with Crippen molar-refractivity contribution in [1.82, 2.24) is 0 Å². The van der Waals surface area contributed by atoms with Crippen LogP contribution in [-0.2, 0) is 5.60 Å². The van der Waals surface area contributed by atoms with E-state index in [1.54, 1.807) is 0 Å². The summed E-state index contributed by atoms with van der Waals surface area (Å²) in [6.07, 6.45) is 4.29. The molecule has 5 rings (SSSR count). The van der Waals surface area contributed by atoms with Crippen LogP contribution in [0.2, 0.25) is 0 Å². The molecule has 1 aliphatic rings. The maximum atomic E-state index is 6.68. The standard InChI is InChI=1S/C27H22N2O/c28-23-11-13-24(14-12-23)29-25-15-16-26-20(19-25)17-18-27(30-26,21-7-3-1-4-8-21)22-9-5-2-6-10-22/h1-19,29H,28H2. The summed E-state index contributed by atoms with van der Waals surface area (Å²) in [6.45, 7) is 0. The Labute approximate surface area is 176 Å². The molecular formula is C27H22N2O. The Hall–Kier alpha value is -3.98. The van der Waals surface area contributed by atoms with Gasteiger partial charge in [0.2, 0.25) is 0 Å². The van der Waals surface area contributed by atoms with E-state index >= 15 is 0 Å². The lowest BCUT2D eigenvalue weighted by Gasteiger charge is -2.36. The number of benzene rings is 4. The second kappa shape index (κ2) is 7.45. The largest absolute Gasteiger partial charge is 0.473 e. The lowest BCUT2D eigenvalue weighted by molar-refractivity contribution is 0.161. The number of fused-ring (bicyclic) bond motifs is 1. The van der Waals surface area contributed by atoms with Gasteiger partial charge >= 0.3 is 0 Å². The zero-order chi connectivity index (χ0) is 20.4. The zero-order valence-corrected chi connectivity index (χ0v) is 16.5. The number of ether oxygens (including phenoxy) is 1. The molecule has 0 aromatic heterocycles. The van der Waals surface area contributed by atoms with Crippen LogP contribution in [-0.4, -0.2) is 0 Å². The van der Waals surface area contributed by atoms with E-state index in [1.165, 1.54) is 0 Å². The third-order valence-electron chi connectivity index (χ3n) is 5.38. The fraction of sp³-hybridized carbons (Fsp3) is 0.0370. The van der Waals surface area contributed by atoms with Gasteiger partial charge in [-0.1, -0.05) is 66.7 Å². The van der Waals surface area contributed by atoms with Crippen molar-refractivity contribution >= 4 is 23.1 Å². The summed E-state index contributed by atoms with van der Waals surface area (Å²) in [4.78, 5) is 0. The van der Waals surface area contributed by atoms with Crippen LogP contribution in [0.15, 0.2) is 109 Å². The minimum atomic E-state index is -0.651. The highest BCUT2D eigenvalue weighted by Gasteiger charge is 2.36. The predicted octanol–water partition coefficient (Wildman–Crippen LogP) is 6.36. The third kappa shape index (κ3) is 3.31. The van der Waals surface area contributed by atoms with Crippen LogP contribution < -0.4 is 15.8 Å². The first kappa shape index (κ1) is 18.1. The number of rotatable bonds is 4. The lowest BCUT2D eigenvalue weighted by Crippen LogP contribution is -2.34. The molecule has 0 unspecified atom stereocenters. The highest BCUT2D eigenvalue weighted by Crippen LogP contribution is 2.42. The van der Waals surface area contributed by atoms with E-state index in [0.717, 1.165) is 39.5 Å². The molecule has 0 aliphatic carbocycles. The molecule has 0 radical (unpaired) electrons. The van der Waals surface area contributed by atoms with Gasteiger partial charge in [0.15, 0.2) is 5.60 Å². The Bertz CT molecular complexity index is 1140. The minimum absolute atomic E-state index is 0.651. The van der Waals surface area contributed by atoms with Crippen molar-refractivity contribution in [2.45, 2.75) is 5.60 Å². The van der Waals surface area contributed by atoms with Crippen molar-refractivity contribution in [3.05, 3.63) is 126 Å². The molecule has 1 aliphatic heterocycles. The average molecular weight is 390 g/mol. The van der Waals surface area contributed by atoms with Crippen LogP contribution in [0.25, 0.3) is 6.08 Å². The first-order valence-electron chi connectivity index (χ1n) is 9.99. The molecule has 3 heteroatoms. The molecule has 30 heavy (non-hydrogen) atoms. The van der Waals surface area contributed by atoms with Gasteiger partial charge in [-0.15, -0.1) is 0 Å². The van der Waals surface area contributed by atoms with Gasteiger partial charge in [-0.25, -0.2) is 0 Å². The first-order valence-corrected chi connectivity index (χ1v) is 9.99. The van der Waals surface area contributed by atoms with Crippen molar-refractivity contribution in [3.63, 3.8) is 0 Å². The maximum absolute atomic E-state index is 6.68. The Morgan fingerprint density at radius 1 is 0.667 bits per heavy atom. The van der Waals surface area contributed by atoms with Crippen LogP contribution >= 0.6 is 0 Å². The van der Waals surface area contributed by atoms with E-state index in [2.05, 4.69) is 47.8 Å². The summed E-state index contributed by atoms with van der Waals surface area (Å²) >= 11 is 0. The third-order valence-corrected chi connectivity index (χ3v) is 5.38. The van der Waals surface area contributed by atoms with E-state index in [4.69, 9.17) is 10.5 Å². The van der Waals surface area contributed by atoms with Gasteiger partial charge < -0.3 is 15.8 Å². The number of nitrogens with one attached hydrogen (secondary N) is 1. The molecule has 3 nitrogen and oxygen atoms in total. The van der Waals surface area contributed by atoms with Gasteiger partial charge in [0, 0.05) is 33.8 Å². The maximum Gasteiger partial charge on any atom is 0.178 e. The van der Waals surface area contributed by atoms with Gasteiger partial charge in [0.25, 0.3) is 0 Å². The average Bonchev–Trinajstić information content (AvgIpc) is 2.81. The Balaban J connectivity index is 1.52. The fourth-order valence-corrected chi connectivity index (χ4v) is 3.85. The summed E-state index contributed by atoms with van der Waals surface area (Å²) in [5.41, 5.74) is 11.1. The molecule has 0 amide bonds. The van der Waals surface area contributed by atoms with E-state index in [9.17, 15) is 0 Å². The monoisotopic (exact) mass is 390 g/mol. The van der Waals surface area contributed by atoms with Gasteiger partial charge in [-0.05, 0) is 48.5 Å². The molecule has 1 heterocycles. The molecule has 0 fully saturated rings. The lowest BCUT2D eigenvalue weighted by atomic mass is 9.83. The van der Waals surface area contributed by atoms with E-state index < -0.39 is 5.60 Å². The van der Waals surface area contributed by atoms with Crippen LogP contribution in [0.3, 0.4) is 0 Å². The SMILES string of the molecule is Nc1ccc(Nc2ccc3c(c2)C=CC(c2ccccc2)(c2ccccc2)O3)cc1. The van der Waals surface area contributed by atoms with Crippen molar-refractivity contribution in [2.75, 3.05) is 11.1 Å². The van der Waals surface area contributed by atoms with E-state index in [0.29, 0.717) is 0 Å². The number of hydrogen-bond acceptors (Lipinski definition) is 3. The number of nitrogens with two attached hydrogens (primary N) is 1. The van der Waals surface area contributed by atoms with Gasteiger partial charge in [-0.3, -0.25) is 0 Å². The molecule has 0 atom stereocenters. The van der Waals surface area contributed by atoms with Crippen molar-refractivity contribution in [1.29, 1.82) is 0 Å². The second-order valence-corrected chi connectivity index (χ2v) is 7.40. The molecule has 4 aromatic rings. The van der Waals surface area contributed by atoms with Gasteiger partial charge in [0.05, 0.1) is 0 Å². The molecule has 3 N–H and O–H groups in total. The Morgan fingerprint density at radius 3 is 1.90 bits per heavy atom. The van der Waals surface area contributed by atoms with Crippen molar-refractivity contribution < 1.29 is 4.74 Å². The number of nitrogen functional groups attached to an aromatic ring is 1. The first-order chi connectivity index (χ1) is 14.7. The topological polar surface area (TPSA) is 47.3 Å². The summed E-state index contributed by atoms with van der Waals surface area (Å²) in [5.74, 6) is 0.855. The molecule has 0 bridgehead atoms. The van der Waals surface area contributed by atoms with Crippen LogP contribution in [0.4, 0.5) is 17.1 Å². The molecular weight excluding hydrogens is 368 g/mol. The van der Waals surface area contributed by atoms with Crippen molar-refractivity contribution in [2.24, 2.45) is 0 Å². The van der Waals surface area contributed by atoms with Gasteiger partial charge in [-0.2, -0.15) is 0 Å². The Kier molecular flexibility index (Phi) is 4.49. The molecule has 0 saturated carbocycles. The quantitative estimate of drug-likeness (QED) is 0.399. The molecule has 0 saturated heterocycles. The molecule has 146 valence electrons. The van der Waals surface area contributed by atoms with Gasteiger partial charge in [0.1, 0.15) is 5.75 Å². The number of hydrogen-bond donors (Lipinski definition) is 2. The van der Waals surface area contributed by atoms with Crippen LogP contribution in [0.5, 0.6) is 5.75 Å². The zero-order valence-electron chi connectivity index (χ0n) is 16.5. The van der Waals surface area contributed by atoms with Crippen LogP contribution in [0.1, 0.15) is 16.7 Å². The minimum Gasteiger partial charge on any atom is -0.473 e. The predicted molar refractivity (Wildman–Crippen MR) is 124 cm³/mol. The van der Waals surface area contributed by atoms with E-state index in [1.807, 2.05) is 72.8 Å². The molecule has 0 spiro atoms. The number of anilines is 3. The van der Waals surface area contributed by atoms with E-state index in [-0.39, 0.29) is 0 Å². The normalized spacial score (nSPS) is 13.9. The van der Waals surface area contributed by atoms with Crippen molar-refractivity contribution in [3.8, 4) is 5.75 Å². The highest BCUT2D eigenvalue weighted by atomic mass is 16.5.